The van der Waals surface area contributed by atoms with Crippen molar-refractivity contribution in [1.29, 1.82) is 0 Å². The first-order valence-corrected chi connectivity index (χ1v) is 8.51. The first-order valence-electron chi connectivity index (χ1n) is 8.51. The van der Waals surface area contributed by atoms with E-state index in [0.29, 0.717) is 31.5 Å². The monoisotopic (exact) mass is 349 g/mol. The van der Waals surface area contributed by atoms with E-state index in [4.69, 9.17) is 4.74 Å². The molecule has 1 fully saturated rings. The third kappa shape index (κ3) is 4.05. The van der Waals surface area contributed by atoms with Crippen molar-refractivity contribution < 1.29 is 17.9 Å². The van der Waals surface area contributed by atoms with Gasteiger partial charge in [0, 0.05) is 5.41 Å². The van der Waals surface area contributed by atoms with Gasteiger partial charge in [0.25, 0.3) is 0 Å². The van der Waals surface area contributed by atoms with E-state index in [1.807, 2.05) is 12.1 Å². The summed E-state index contributed by atoms with van der Waals surface area (Å²) in [7, 11) is 0. The van der Waals surface area contributed by atoms with Gasteiger partial charge in [-0.05, 0) is 37.1 Å². The van der Waals surface area contributed by atoms with Gasteiger partial charge < -0.3 is 10.1 Å². The van der Waals surface area contributed by atoms with E-state index in [9.17, 15) is 13.2 Å². The molecule has 0 amide bonds. The number of alkyl halides is 3. The van der Waals surface area contributed by atoms with Gasteiger partial charge in [-0.1, -0.05) is 60.7 Å². The topological polar surface area (TPSA) is 21.3 Å². The molecule has 25 heavy (non-hydrogen) atoms. The van der Waals surface area contributed by atoms with Gasteiger partial charge >= 0.3 is 6.18 Å². The highest BCUT2D eigenvalue weighted by atomic mass is 19.4. The van der Waals surface area contributed by atoms with Crippen LogP contribution in [0.4, 0.5) is 13.2 Å². The van der Waals surface area contributed by atoms with Crippen molar-refractivity contribution in [2.75, 3.05) is 13.1 Å². The second-order valence-corrected chi connectivity index (χ2v) is 6.49. The number of piperidine rings is 1. The molecule has 5 heteroatoms. The molecule has 2 nitrogen and oxygen atoms in total. The van der Waals surface area contributed by atoms with Gasteiger partial charge in [-0.25, -0.2) is 0 Å². The lowest BCUT2D eigenvalue weighted by molar-refractivity contribution is -0.248. The van der Waals surface area contributed by atoms with E-state index in [0.717, 1.165) is 5.56 Å². The van der Waals surface area contributed by atoms with E-state index >= 15 is 0 Å². The summed E-state index contributed by atoms with van der Waals surface area (Å²) in [6.07, 6.45) is -5.46. The van der Waals surface area contributed by atoms with Crippen LogP contribution in [-0.2, 0) is 16.8 Å². The van der Waals surface area contributed by atoms with Crippen LogP contribution in [0.3, 0.4) is 0 Å². The van der Waals surface area contributed by atoms with Gasteiger partial charge in [0.1, 0.15) is 0 Å². The predicted molar refractivity (Wildman–Crippen MR) is 91.3 cm³/mol. The van der Waals surface area contributed by atoms with E-state index in [1.165, 1.54) is 0 Å². The molecule has 1 atom stereocenters. The second kappa shape index (κ2) is 7.58. The molecule has 2 aromatic carbocycles. The number of benzene rings is 2. The molecule has 0 aliphatic carbocycles. The maximum atomic E-state index is 14.0. The van der Waals surface area contributed by atoms with Crippen molar-refractivity contribution in [2.45, 2.75) is 37.1 Å². The summed E-state index contributed by atoms with van der Waals surface area (Å²) in [5.74, 6) is 0. The Morgan fingerprint density at radius 3 is 2.04 bits per heavy atom. The van der Waals surface area contributed by atoms with Crippen molar-refractivity contribution in [3.8, 4) is 0 Å². The van der Waals surface area contributed by atoms with E-state index in [2.05, 4.69) is 5.32 Å². The SMILES string of the molecule is FC(F)(F)C(OCc1ccccc1)C1(c2ccccc2)CCNCC1. The summed E-state index contributed by atoms with van der Waals surface area (Å²) >= 11 is 0. The van der Waals surface area contributed by atoms with E-state index in [1.54, 1.807) is 48.5 Å². The highest BCUT2D eigenvalue weighted by Gasteiger charge is 2.55. The molecule has 0 saturated carbocycles. The van der Waals surface area contributed by atoms with Crippen LogP contribution in [0.1, 0.15) is 24.0 Å². The van der Waals surface area contributed by atoms with Gasteiger partial charge in [-0.3, -0.25) is 0 Å². The van der Waals surface area contributed by atoms with Gasteiger partial charge in [-0.2, -0.15) is 13.2 Å². The van der Waals surface area contributed by atoms with Crippen LogP contribution >= 0.6 is 0 Å². The van der Waals surface area contributed by atoms with Crippen LogP contribution < -0.4 is 5.32 Å². The van der Waals surface area contributed by atoms with Gasteiger partial charge in [0.15, 0.2) is 6.10 Å². The molecular weight excluding hydrogens is 327 g/mol. The van der Waals surface area contributed by atoms with Gasteiger partial charge in [0.2, 0.25) is 0 Å². The number of nitrogens with one attached hydrogen (secondary N) is 1. The van der Waals surface area contributed by atoms with Crippen LogP contribution in [0, 0.1) is 0 Å². The Labute approximate surface area is 146 Å². The minimum atomic E-state index is -4.43. The van der Waals surface area contributed by atoms with Crippen molar-refractivity contribution in [1.82, 2.24) is 5.32 Å². The lowest BCUT2D eigenvalue weighted by Gasteiger charge is -2.44. The fraction of sp³-hybridized carbons (Fsp3) is 0.400. The molecule has 0 spiro atoms. The average Bonchev–Trinajstić information content (AvgIpc) is 2.63. The Hall–Kier alpha value is -1.85. The fourth-order valence-electron chi connectivity index (χ4n) is 3.67. The molecule has 1 unspecified atom stereocenters. The Morgan fingerprint density at radius 2 is 1.48 bits per heavy atom. The van der Waals surface area contributed by atoms with Crippen LogP contribution in [0.2, 0.25) is 0 Å². The summed E-state index contributed by atoms with van der Waals surface area (Å²) in [5, 5.41) is 3.17. The van der Waals surface area contributed by atoms with Crippen LogP contribution in [0.25, 0.3) is 0 Å². The summed E-state index contributed by atoms with van der Waals surface area (Å²) < 4.78 is 47.5. The van der Waals surface area contributed by atoms with Crippen molar-refractivity contribution in [3.05, 3.63) is 71.8 Å². The summed E-state index contributed by atoms with van der Waals surface area (Å²) in [5.41, 5.74) is 0.389. The Bertz CT molecular complexity index is 652. The van der Waals surface area contributed by atoms with E-state index < -0.39 is 17.7 Å². The zero-order valence-corrected chi connectivity index (χ0v) is 13.9. The first-order chi connectivity index (χ1) is 12.0. The highest BCUT2D eigenvalue weighted by molar-refractivity contribution is 5.29. The zero-order valence-electron chi connectivity index (χ0n) is 13.9. The normalized spacial score (nSPS) is 18.7. The Morgan fingerprint density at radius 1 is 0.920 bits per heavy atom. The lowest BCUT2D eigenvalue weighted by atomic mass is 9.68. The van der Waals surface area contributed by atoms with Crippen LogP contribution in [-0.4, -0.2) is 25.4 Å². The third-order valence-corrected chi connectivity index (χ3v) is 4.90. The molecule has 2 aromatic rings. The van der Waals surface area contributed by atoms with Crippen molar-refractivity contribution >= 4 is 0 Å². The molecular formula is C20H22F3NO. The largest absolute Gasteiger partial charge is 0.415 e. The molecule has 0 bridgehead atoms. The fourth-order valence-corrected chi connectivity index (χ4v) is 3.67. The zero-order chi connectivity index (χ0) is 17.8. The highest BCUT2D eigenvalue weighted by Crippen LogP contribution is 2.45. The molecule has 3 rings (SSSR count). The number of ether oxygens (including phenoxy) is 1. The lowest BCUT2D eigenvalue weighted by Crippen LogP contribution is -2.54. The van der Waals surface area contributed by atoms with Gasteiger partial charge in [0.05, 0.1) is 6.61 Å². The molecule has 0 aromatic heterocycles. The smallest absolute Gasteiger partial charge is 0.363 e. The maximum absolute atomic E-state index is 14.0. The summed E-state index contributed by atoms with van der Waals surface area (Å²) in [6.45, 7) is 1.05. The first kappa shape index (κ1) is 18.0. The number of halogens is 3. The maximum Gasteiger partial charge on any atom is 0.415 e. The summed E-state index contributed by atoms with van der Waals surface area (Å²) in [6, 6.07) is 18.0. The Balaban J connectivity index is 1.93. The molecule has 134 valence electrons. The molecule has 1 saturated heterocycles. The predicted octanol–water partition coefficient (Wildman–Crippen LogP) is 4.46. The third-order valence-electron chi connectivity index (χ3n) is 4.90. The number of hydrogen-bond acceptors (Lipinski definition) is 2. The van der Waals surface area contributed by atoms with Gasteiger partial charge in [-0.15, -0.1) is 0 Å². The average molecular weight is 349 g/mol. The minimum Gasteiger partial charge on any atom is -0.363 e. The second-order valence-electron chi connectivity index (χ2n) is 6.49. The van der Waals surface area contributed by atoms with Crippen molar-refractivity contribution in [3.63, 3.8) is 0 Å². The molecule has 1 aliphatic rings. The number of rotatable bonds is 5. The van der Waals surface area contributed by atoms with Crippen molar-refractivity contribution in [2.24, 2.45) is 0 Å². The van der Waals surface area contributed by atoms with E-state index in [-0.39, 0.29) is 6.61 Å². The number of hydrogen-bond donors (Lipinski definition) is 1. The minimum absolute atomic E-state index is 0.0486. The Kier molecular flexibility index (Phi) is 5.45. The molecule has 1 N–H and O–H groups in total. The quantitative estimate of drug-likeness (QED) is 0.861. The van der Waals surface area contributed by atoms with Crippen LogP contribution in [0.5, 0.6) is 0 Å². The van der Waals surface area contributed by atoms with Crippen LogP contribution in [0.15, 0.2) is 60.7 Å². The molecule has 1 aliphatic heterocycles. The standard InChI is InChI=1S/C20H22F3NO/c21-20(22,23)18(25-15-16-7-3-1-4-8-16)19(11-13-24-14-12-19)17-9-5-2-6-10-17/h1-10,18,24H,11-15H2. The molecule has 0 radical (unpaired) electrons. The summed E-state index contributed by atoms with van der Waals surface area (Å²) in [4.78, 5) is 0. The molecule has 1 heterocycles.